The van der Waals surface area contributed by atoms with Gasteiger partial charge >= 0.3 is 6.18 Å². The second-order valence-corrected chi connectivity index (χ2v) is 5.12. The van der Waals surface area contributed by atoms with E-state index in [2.05, 4.69) is 0 Å². The van der Waals surface area contributed by atoms with Gasteiger partial charge in [-0.1, -0.05) is 25.1 Å². The first-order chi connectivity index (χ1) is 9.90. The molecule has 0 unspecified atom stereocenters. The molecule has 0 aliphatic carbocycles. The van der Waals surface area contributed by atoms with Crippen molar-refractivity contribution in [3.05, 3.63) is 35.4 Å². The Morgan fingerprint density at radius 3 is 2.86 bits per heavy atom. The van der Waals surface area contributed by atoms with E-state index in [1.807, 2.05) is 6.92 Å². The van der Waals surface area contributed by atoms with Gasteiger partial charge in [0, 0.05) is 13.1 Å². The quantitative estimate of drug-likeness (QED) is 0.859. The van der Waals surface area contributed by atoms with Gasteiger partial charge in [0.15, 0.2) is 0 Å². The lowest BCUT2D eigenvalue weighted by molar-refractivity contribution is -0.139. The largest absolute Gasteiger partial charge is 0.416 e. The molecule has 1 aliphatic heterocycles. The van der Waals surface area contributed by atoms with Crippen LogP contribution in [0, 0.1) is 0 Å². The minimum absolute atomic E-state index is 0.0135. The summed E-state index contributed by atoms with van der Waals surface area (Å²) in [6, 6.07) is 4.93. The van der Waals surface area contributed by atoms with Crippen molar-refractivity contribution in [2.75, 3.05) is 19.7 Å². The Morgan fingerprint density at radius 2 is 2.19 bits per heavy atom. The van der Waals surface area contributed by atoms with Gasteiger partial charge in [0.1, 0.15) is 0 Å². The third-order valence-electron chi connectivity index (χ3n) is 3.56. The van der Waals surface area contributed by atoms with E-state index in [9.17, 15) is 18.0 Å². The van der Waals surface area contributed by atoms with E-state index in [1.54, 1.807) is 11.0 Å². The molecule has 3 nitrogen and oxygen atoms in total. The van der Waals surface area contributed by atoms with E-state index < -0.39 is 11.7 Å². The van der Waals surface area contributed by atoms with Crippen molar-refractivity contribution in [2.45, 2.75) is 32.0 Å². The smallest absolute Gasteiger partial charge is 0.375 e. The number of hydrogen-bond acceptors (Lipinski definition) is 2. The Labute approximate surface area is 121 Å². The molecule has 1 saturated heterocycles. The number of morpholine rings is 1. The molecule has 1 fully saturated rings. The summed E-state index contributed by atoms with van der Waals surface area (Å²) in [6.07, 6.45) is -3.57. The number of amides is 1. The maximum atomic E-state index is 12.6. The SMILES string of the molecule is CC[C@@H]1CN(C(=O)Cc2cccc(C(F)(F)F)c2)CCO1. The van der Waals surface area contributed by atoms with Crippen LogP contribution in [0.3, 0.4) is 0 Å². The molecule has 1 aromatic carbocycles. The molecule has 0 N–H and O–H groups in total. The molecule has 0 aromatic heterocycles. The zero-order valence-electron chi connectivity index (χ0n) is 11.8. The van der Waals surface area contributed by atoms with Gasteiger partial charge in [0.05, 0.1) is 24.7 Å². The average molecular weight is 301 g/mol. The molecular weight excluding hydrogens is 283 g/mol. The van der Waals surface area contributed by atoms with E-state index in [0.717, 1.165) is 18.6 Å². The monoisotopic (exact) mass is 301 g/mol. The van der Waals surface area contributed by atoms with E-state index in [4.69, 9.17) is 4.74 Å². The van der Waals surface area contributed by atoms with Crippen LogP contribution in [0.15, 0.2) is 24.3 Å². The highest BCUT2D eigenvalue weighted by atomic mass is 19.4. The van der Waals surface area contributed by atoms with Crippen LogP contribution in [0.1, 0.15) is 24.5 Å². The van der Waals surface area contributed by atoms with E-state index in [-0.39, 0.29) is 18.4 Å². The van der Waals surface area contributed by atoms with Gasteiger partial charge < -0.3 is 9.64 Å². The van der Waals surface area contributed by atoms with E-state index in [1.165, 1.54) is 6.07 Å². The Kier molecular flexibility index (Phi) is 4.88. The first-order valence-corrected chi connectivity index (χ1v) is 6.95. The fourth-order valence-corrected chi connectivity index (χ4v) is 2.34. The van der Waals surface area contributed by atoms with Crippen molar-refractivity contribution in [1.82, 2.24) is 4.90 Å². The van der Waals surface area contributed by atoms with E-state index in [0.29, 0.717) is 25.3 Å². The maximum Gasteiger partial charge on any atom is 0.416 e. The maximum absolute atomic E-state index is 12.6. The predicted molar refractivity (Wildman–Crippen MR) is 71.8 cm³/mol. The number of rotatable bonds is 3. The van der Waals surface area contributed by atoms with Gasteiger partial charge in [-0.3, -0.25) is 4.79 Å². The molecule has 6 heteroatoms. The number of carbonyl (C=O) groups is 1. The first kappa shape index (κ1) is 15.8. The highest BCUT2D eigenvalue weighted by Gasteiger charge is 2.30. The molecule has 116 valence electrons. The number of nitrogens with zero attached hydrogens (tertiary/aromatic N) is 1. The minimum Gasteiger partial charge on any atom is -0.375 e. The number of ether oxygens (including phenoxy) is 1. The second kappa shape index (κ2) is 6.47. The van der Waals surface area contributed by atoms with Crippen molar-refractivity contribution in [2.24, 2.45) is 0 Å². The van der Waals surface area contributed by atoms with Crippen molar-refractivity contribution in [1.29, 1.82) is 0 Å². The fraction of sp³-hybridized carbons (Fsp3) is 0.533. The van der Waals surface area contributed by atoms with Gasteiger partial charge in [0.2, 0.25) is 5.91 Å². The highest BCUT2D eigenvalue weighted by Crippen LogP contribution is 2.29. The first-order valence-electron chi connectivity index (χ1n) is 6.95. The van der Waals surface area contributed by atoms with Crippen LogP contribution in [0.25, 0.3) is 0 Å². The van der Waals surface area contributed by atoms with Crippen molar-refractivity contribution in [3.8, 4) is 0 Å². The predicted octanol–water partition coefficient (Wildman–Crippen LogP) is 2.89. The number of hydrogen-bond donors (Lipinski definition) is 0. The molecule has 21 heavy (non-hydrogen) atoms. The molecule has 1 atom stereocenters. The molecular formula is C15H18F3NO2. The Hall–Kier alpha value is -1.56. The zero-order chi connectivity index (χ0) is 15.5. The summed E-state index contributed by atoms with van der Waals surface area (Å²) in [5.74, 6) is -0.156. The van der Waals surface area contributed by atoms with Crippen LogP contribution in [-0.4, -0.2) is 36.6 Å². The lowest BCUT2D eigenvalue weighted by Gasteiger charge is -2.32. The van der Waals surface area contributed by atoms with Gasteiger partial charge in [-0.05, 0) is 18.1 Å². The summed E-state index contributed by atoms with van der Waals surface area (Å²) in [4.78, 5) is 13.8. The Balaban J connectivity index is 2.02. The zero-order valence-corrected chi connectivity index (χ0v) is 11.8. The van der Waals surface area contributed by atoms with E-state index >= 15 is 0 Å². The number of carbonyl (C=O) groups excluding carboxylic acids is 1. The topological polar surface area (TPSA) is 29.5 Å². The highest BCUT2D eigenvalue weighted by molar-refractivity contribution is 5.79. The lowest BCUT2D eigenvalue weighted by Crippen LogP contribution is -2.46. The van der Waals surface area contributed by atoms with Crippen LogP contribution < -0.4 is 0 Å². The second-order valence-electron chi connectivity index (χ2n) is 5.12. The minimum atomic E-state index is -4.38. The van der Waals surface area contributed by atoms with Crippen LogP contribution in [-0.2, 0) is 22.1 Å². The molecule has 1 heterocycles. The van der Waals surface area contributed by atoms with Crippen molar-refractivity contribution < 1.29 is 22.7 Å². The summed E-state index contributed by atoms with van der Waals surface area (Å²) in [5.41, 5.74) is -0.337. The van der Waals surface area contributed by atoms with Crippen molar-refractivity contribution >= 4 is 5.91 Å². The van der Waals surface area contributed by atoms with Gasteiger partial charge in [0.25, 0.3) is 0 Å². The third-order valence-corrected chi connectivity index (χ3v) is 3.56. The Bertz CT molecular complexity index is 502. The average Bonchev–Trinajstić information content (AvgIpc) is 2.46. The molecule has 1 aliphatic rings. The summed E-state index contributed by atoms with van der Waals surface area (Å²) in [6.45, 7) is 3.46. The van der Waals surface area contributed by atoms with Crippen LogP contribution in [0.2, 0.25) is 0 Å². The van der Waals surface area contributed by atoms with Crippen LogP contribution in [0.5, 0.6) is 0 Å². The van der Waals surface area contributed by atoms with Gasteiger partial charge in [-0.15, -0.1) is 0 Å². The number of benzene rings is 1. The van der Waals surface area contributed by atoms with Gasteiger partial charge in [-0.2, -0.15) is 13.2 Å². The molecule has 1 amide bonds. The fourth-order valence-electron chi connectivity index (χ4n) is 2.34. The standard InChI is InChI=1S/C15H18F3NO2/c1-2-13-10-19(6-7-21-13)14(20)9-11-4-3-5-12(8-11)15(16,17)18/h3-5,8,13H,2,6-7,9-10H2,1H3/t13-/m1/s1. The number of alkyl halides is 3. The molecule has 0 saturated carbocycles. The normalized spacial score (nSPS) is 19.6. The lowest BCUT2D eigenvalue weighted by atomic mass is 10.1. The molecule has 0 spiro atoms. The van der Waals surface area contributed by atoms with Gasteiger partial charge in [-0.25, -0.2) is 0 Å². The van der Waals surface area contributed by atoms with Crippen molar-refractivity contribution in [3.63, 3.8) is 0 Å². The van der Waals surface area contributed by atoms with Crippen LogP contribution in [0.4, 0.5) is 13.2 Å². The van der Waals surface area contributed by atoms with Crippen LogP contribution >= 0.6 is 0 Å². The third kappa shape index (κ3) is 4.20. The Morgan fingerprint density at radius 1 is 1.43 bits per heavy atom. The molecule has 0 bridgehead atoms. The summed E-state index contributed by atoms with van der Waals surface area (Å²) in [7, 11) is 0. The molecule has 2 rings (SSSR count). The summed E-state index contributed by atoms with van der Waals surface area (Å²) in [5, 5.41) is 0. The summed E-state index contributed by atoms with van der Waals surface area (Å²) < 4.78 is 43.4. The molecule has 1 aromatic rings. The molecule has 0 radical (unpaired) electrons. The number of halogens is 3. The summed E-state index contributed by atoms with van der Waals surface area (Å²) >= 11 is 0.